The summed E-state index contributed by atoms with van der Waals surface area (Å²) in [6, 6.07) is 6.72. The Morgan fingerprint density at radius 1 is 1.29 bits per heavy atom. The highest BCUT2D eigenvalue weighted by atomic mass is 19.4. The van der Waals surface area contributed by atoms with Crippen LogP contribution in [0.3, 0.4) is 0 Å². The first-order valence-electron chi connectivity index (χ1n) is 4.68. The molecular weight excluding hydrogens is 237 g/mol. The fraction of sp³-hybridized carbons (Fsp3) is 0.182. The minimum Gasteiger partial charge on any atom is -0.488 e. The van der Waals surface area contributed by atoms with Crippen LogP contribution in [0.2, 0.25) is 0 Å². The van der Waals surface area contributed by atoms with Gasteiger partial charge in [-0.2, -0.15) is 0 Å². The summed E-state index contributed by atoms with van der Waals surface area (Å²) in [5.41, 5.74) is 0.383. The molecule has 0 bridgehead atoms. The molecule has 0 unspecified atom stereocenters. The first-order chi connectivity index (χ1) is 7.96. The van der Waals surface area contributed by atoms with Gasteiger partial charge in [-0.25, -0.2) is 4.79 Å². The van der Waals surface area contributed by atoms with Crippen LogP contribution in [0.4, 0.5) is 13.2 Å². The number of carbonyl (C=O) groups is 1. The molecule has 1 aliphatic rings. The Morgan fingerprint density at radius 3 is 2.71 bits per heavy atom. The number of carbonyl (C=O) groups excluding carboxylic acids is 1. The van der Waals surface area contributed by atoms with Crippen molar-refractivity contribution < 1.29 is 27.4 Å². The zero-order valence-electron chi connectivity index (χ0n) is 8.45. The van der Waals surface area contributed by atoms with Crippen molar-refractivity contribution in [1.29, 1.82) is 0 Å². The van der Waals surface area contributed by atoms with Gasteiger partial charge in [0.15, 0.2) is 0 Å². The monoisotopic (exact) mass is 244 g/mol. The van der Waals surface area contributed by atoms with Crippen LogP contribution in [0.1, 0.15) is 5.56 Å². The Labute approximate surface area is 94.4 Å². The molecule has 0 N–H and O–H groups in total. The van der Waals surface area contributed by atoms with E-state index in [2.05, 4.69) is 4.74 Å². The van der Waals surface area contributed by atoms with E-state index in [9.17, 15) is 18.0 Å². The summed E-state index contributed by atoms with van der Waals surface area (Å²) in [6.07, 6.45) is -3.65. The van der Waals surface area contributed by atoms with Crippen LogP contribution in [0.5, 0.6) is 5.75 Å². The van der Waals surface area contributed by atoms with Crippen molar-refractivity contribution in [3.05, 3.63) is 35.4 Å². The number of esters is 1. The fourth-order valence-corrected chi connectivity index (χ4v) is 1.40. The average molecular weight is 244 g/mol. The molecule has 0 spiro atoms. The number of halogens is 3. The molecule has 2 rings (SSSR count). The Kier molecular flexibility index (Phi) is 2.79. The number of fused-ring (bicyclic) bond motifs is 1. The van der Waals surface area contributed by atoms with Gasteiger partial charge >= 0.3 is 12.3 Å². The number of hydrogen-bond acceptors (Lipinski definition) is 3. The highest BCUT2D eigenvalue weighted by molar-refractivity contribution is 5.95. The third kappa shape index (κ3) is 2.77. The van der Waals surface area contributed by atoms with E-state index in [0.29, 0.717) is 11.3 Å². The van der Waals surface area contributed by atoms with Crippen molar-refractivity contribution in [1.82, 2.24) is 0 Å². The molecule has 0 amide bonds. The molecule has 1 aromatic carbocycles. The molecule has 1 heterocycles. The van der Waals surface area contributed by atoms with Crippen LogP contribution in [0, 0.1) is 0 Å². The van der Waals surface area contributed by atoms with Crippen LogP contribution >= 0.6 is 0 Å². The maximum absolute atomic E-state index is 11.8. The Hall–Kier alpha value is -1.98. The summed E-state index contributed by atoms with van der Waals surface area (Å²) in [5.74, 6) is -0.914. The van der Waals surface area contributed by atoms with E-state index in [-0.39, 0.29) is 12.2 Å². The van der Waals surface area contributed by atoms with Crippen LogP contribution in [-0.2, 0) is 9.53 Å². The molecule has 1 aromatic rings. The number of hydrogen-bond donors (Lipinski definition) is 0. The summed E-state index contributed by atoms with van der Waals surface area (Å²) in [5, 5.41) is 0. The first kappa shape index (κ1) is 11.5. The Morgan fingerprint density at radius 2 is 2.00 bits per heavy atom. The topological polar surface area (TPSA) is 35.5 Å². The second kappa shape index (κ2) is 4.12. The zero-order chi connectivity index (χ0) is 12.5. The third-order valence-electron chi connectivity index (χ3n) is 2.10. The second-order valence-corrected chi connectivity index (χ2v) is 3.33. The van der Waals surface area contributed by atoms with Gasteiger partial charge in [-0.1, -0.05) is 18.2 Å². The van der Waals surface area contributed by atoms with Crippen LogP contribution < -0.4 is 4.74 Å². The lowest BCUT2D eigenvalue weighted by molar-refractivity contribution is -0.303. The summed E-state index contributed by atoms with van der Waals surface area (Å²) < 4.78 is 44.0. The number of para-hydroxylation sites is 1. The van der Waals surface area contributed by atoms with E-state index in [4.69, 9.17) is 4.74 Å². The minimum absolute atomic E-state index is 0.166. The van der Waals surface area contributed by atoms with E-state index in [0.717, 1.165) is 0 Å². The van der Waals surface area contributed by atoms with Gasteiger partial charge in [0.25, 0.3) is 0 Å². The number of benzene rings is 1. The molecule has 90 valence electrons. The van der Waals surface area contributed by atoms with Gasteiger partial charge < -0.3 is 9.47 Å². The number of alkyl halides is 3. The van der Waals surface area contributed by atoms with Crippen molar-refractivity contribution >= 4 is 12.0 Å². The predicted octanol–water partition coefficient (Wildman–Crippen LogP) is 2.53. The summed E-state index contributed by atoms with van der Waals surface area (Å²) in [7, 11) is 0. The summed E-state index contributed by atoms with van der Waals surface area (Å²) in [6.45, 7) is -0.230. The van der Waals surface area contributed by atoms with E-state index < -0.39 is 12.3 Å². The molecule has 1 aliphatic heterocycles. The van der Waals surface area contributed by atoms with E-state index in [1.807, 2.05) is 0 Å². The number of rotatable bonds is 1. The minimum atomic E-state index is -4.98. The van der Waals surface area contributed by atoms with Gasteiger partial charge in [-0.15, -0.1) is 13.2 Å². The van der Waals surface area contributed by atoms with Crippen molar-refractivity contribution in [2.75, 3.05) is 6.61 Å². The quantitative estimate of drug-likeness (QED) is 0.712. The van der Waals surface area contributed by atoms with Crippen LogP contribution in [0.15, 0.2) is 29.8 Å². The first-order valence-corrected chi connectivity index (χ1v) is 4.68. The molecule has 3 nitrogen and oxygen atoms in total. The van der Waals surface area contributed by atoms with Gasteiger partial charge in [0.1, 0.15) is 12.4 Å². The van der Waals surface area contributed by atoms with Gasteiger partial charge in [-0.3, -0.25) is 0 Å². The van der Waals surface area contributed by atoms with Gasteiger partial charge in [-0.05, 0) is 12.1 Å². The molecular formula is C11H7F3O3. The maximum atomic E-state index is 11.8. The van der Waals surface area contributed by atoms with Crippen molar-refractivity contribution in [2.45, 2.75) is 6.36 Å². The fourth-order valence-electron chi connectivity index (χ4n) is 1.40. The normalized spacial score (nSPS) is 14.4. The van der Waals surface area contributed by atoms with E-state index in [1.54, 1.807) is 24.3 Å². The van der Waals surface area contributed by atoms with Gasteiger partial charge in [0, 0.05) is 5.56 Å². The van der Waals surface area contributed by atoms with E-state index in [1.165, 1.54) is 6.08 Å². The summed E-state index contributed by atoms with van der Waals surface area (Å²) >= 11 is 0. The molecule has 0 fully saturated rings. The molecule has 0 aliphatic carbocycles. The molecule has 0 saturated carbocycles. The Balaban J connectivity index is 2.20. The summed E-state index contributed by atoms with van der Waals surface area (Å²) in [4.78, 5) is 11.1. The lowest BCUT2D eigenvalue weighted by atomic mass is 10.1. The molecule has 0 aromatic heterocycles. The molecule has 0 radical (unpaired) electrons. The highest BCUT2D eigenvalue weighted by Crippen LogP contribution is 2.27. The zero-order valence-corrected chi connectivity index (χ0v) is 8.45. The van der Waals surface area contributed by atoms with Crippen LogP contribution in [0.25, 0.3) is 6.08 Å². The standard InChI is InChI=1S/C11H7F3O3/c12-11(13,14)17-10(15)8-5-7-3-1-2-4-9(7)16-6-8/h1-5H,6H2. The number of ether oxygens (including phenoxy) is 2. The largest absolute Gasteiger partial charge is 0.575 e. The lowest BCUT2D eigenvalue weighted by Crippen LogP contribution is -2.24. The molecule has 17 heavy (non-hydrogen) atoms. The van der Waals surface area contributed by atoms with E-state index >= 15 is 0 Å². The average Bonchev–Trinajstić information content (AvgIpc) is 2.26. The maximum Gasteiger partial charge on any atom is 0.575 e. The third-order valence-corrected chi connectivity index (χ3v) is 2.10. The van der Waals surface area contributed by atoms with Crippen molar-refractivity contribution in [2.24, 2.45) is 0 Å². The predicted molar refractivity (Wildman–Crippen MR) is 52.1 cm³/mol. The highest BCUT2D eigenvalue weighted by Gasteiger charge is 2.35. The van der Waals surface area contributed by atoms with Gasteiger partial charge in [0.2, 0.25) is 0 Å². The molecule has 0 saturated heterocycles. The smallest absolute Gasteiger partial charge is 0.488 e. The van der Waals surface area contributed by atoms with Crippen LogP contribution in [-0.4, -0.2) is 18.9 Å². The lowest BCUT2D eigenvalue weighted by Gasteiger charge is -2.17. The van der Waals surface area contributed by atoms with Crippen molar-refractivity contribution in [3.63, 3.8) is 0 Å². The van der Waals surface area contributed by atoms with Gasteiger partial charge in [0.05, 0.1) is 5.57 Å². The second-order valence-electron chi connectivity index (χ2n) is 3.33. The Bertz CT molecular complexity index is 477. The molecule has 6 heteroatoms. The SMILES string of the molecule is O=C(OC(F)(F)F)C1=Cc2ccccc2OC1. The van der Waals surface area contributed by atoms with Crippen molar-refractivity contribution in [3.8, 4) is 5.75 Å². The molecule has 0 atom stereocenters.